The second-order valence-electron chi connectivity index (χ2n) is 2.78. The Kier molecular flexibility index (Phi) is 4.75. The summed E-state index contributed by atoms with van der Waals surface area (Å²) < 4.78 is 26.3. The van der Waals surface area contributed by atoms with Gasteiger partial charge in [-0.05, 0) is 33.6 Å². The zero-order chi connectivity index (χ0) is 12.0. The van der Waals surface area contributed by atoms with Crippen molar-refractivity contribution in [3.8, 4) is 0 Å². The largest absolute Gasteiger partial charge is 0.241 e. The summed E-state index contributed by atoms with van der Waals surface area (Å²) in [6.07, 6.45) is 0. The molecule has 0 heterocycles. The summed E-state index contributed by atoms with van der Waals surface area (Å²) in [5.41, 5.74) is 8.03. The summed E-state index contributed by atoms with van der Waals surface area (Å²) in [4.78, 5) is 2.69. The van der Waals surface area contributed by atoms with E-state index in [4.69, 9.17) is 5.53 Å². The Hall–Kier alpha value is -1.08. The highest BCUT2D eigenvalue weighted by Gasteiger charge is 2.15. The normalized spacial score (nSPS) is 10.8. The molecule has 0 fully saturated rings. The summed E-state index contributed by atoms with van der Waals surface area (Å²) in [6, 6.07) is 6.48. The molecule has 0 spiro atoms. The van der Waals surface area contributed by atoms with Crippen LogP contribution in [0.5, 0.6) is 0 Å². The van der Waals surface area contributed by atoms with E-state index in [9.17, 15) is 8.42 Å². The van der Waals surface area contributed by atoms with Crippen LogP contribution >= 0.6 is 15.9 Å². The van der Waals surface area contributed by atoms with Crippen LogP contribution in [0.1, 0.15) is 0 Å². The monoisotopic (exact) mass is 304 g/mol. The van der Waals surface area contributed by atoms with Gasteiger partial charge in [0.15, 0.2) is 0 Å². The topological polar surface area (TPSA) is 94.9 Å². The van der Waals surface area contributed by atoms with Crippen molar-refractivity contribution in [1.82, 2.24) is 4.72 Å². The molecule has 0 aromatic heterocycles. The predicted octanol–water partition coefficient (Wildman–Crippen LogP) is 2.04. The van der Waals surface area contributed by atoms with Crippen LogP contribution in [-0.2, 0) is 10.0 Å². The predicted molar refractivity (Wildman–Crippen MR) is 63.3 cm³/mol. The third-order valence-corrected chi connectivity index (χ3v) is 4.17. The van der Waals surface area contributed by atoms with Gasteiger partial charge in [-0.3, -0.25) is 0 Å². The number of benzene rings is 1. The highest BCUT2D eigenvalue weighted by Crippen LogP contribution is 2.20. The number of azide groups is 1. The number of halogens is 1. The van der Waals surface area contributed by atoms with E-state index in [-0.39, 0.29) is 18.0 Å². The van der Waals surface area contributed by atoms with E-state index in [0.717, 1.165) is 0 Å². The minimum atomic E-state index is -3.55. The van der Waals surface area contributed by atoms with Gasteiger partial charge in [-0.25, -0.2) is 13.1 Å². The Morgan fingerprint density at radius 3 is 2.75 bits per heavy atom. The number of nitrogens with zero attached hydrogens (tertiary/aromatic N) is 3. The second-order valence-corrected chi connectivity index (χ2v) is 5.37. The molecular weight excluding hydrogens is 296 g/mol. The molecule has 1 aromatic rings. The third kappa shape index (κ3) is 3.49. The Labute approximate surface area is 101 Å². The van der Waals surface area contributed by atoms with Gasteiger partial charge in [-0.1, -0.05) is 17.2 Å². The molecule has 0 saturated carbocycles. The number of hydrogen-bond donors (Lipinski definition) is 1. The number of nitrogens with one attached hydrogen (secondary N) is 1. The number of rotatable bonds is 5. The van der Waals surface area contributed by atoms with Crippen LogP contribution in [0.25, 0.3) is 10.4 Å². The summed E-state index contributed by atoms with van der Waals surface area (Å²) in [5.74, 6) is 0. The van der Waals surface area contributed by atoms with Crippen molar-refractivity contribution in [2.75, 3.05) is 13.1 Å². The van der Waals surface area contributed by atoms with E-state index < -0.39 is 10.0 Å². The smallest absolute Gasteiger partial charge is 0.211 e. The molecule has 0 saturated heterocycles. The molecule has 0 aliphatic carbocycles. The van der Waals surface area contributed by atoms with Crippen molar-refractivity contribution in [2.24, 2.45) is 5.11 Å². The lowest BCUT2D eigenvalue weighted by Gasteiger charge is -2.06. The van der Waals surface area contributed by atoms with Crippen LogP contribution in [0.15, 0.2) is 38.7 Å². The van der Waals surface area contributed by atoms with E-state index in [1.807, 2.05) is 0 Å². The van der Waals surface area contributed by atoms with Crippen LogP contribution < -0.4 is 4.72 Å². The van der Waals surface area contributed by atoms with Crippen molar-refractivity contribution >= 4 is 26.0 Å². The molecule has 86 valence electrons. The maximum Gasteiger partial charge on any atom is 0.241 e. The summed E-state index contributed by atoms with van der Waals surface area (Å²) in [6.45, 7) is 0.161. The molecule has 0 aliphatic heterocycles. The minimum absolute atomic E-state index is 0.0771. The average Bonchev–Trinajstić information content (AvgIpc) is 2.25. The van der Waals surface area contributed by atoms with Crippen molar-refractivity contribution in [1.29, 1.82) is 0 Å². The van der Waals surface area contributed by atoms with Gasteiger partial charge in [0.05, 0.1) is 4.90 Å². The summed E-state index contributed by atoms with van der Waals surface area (Å²) in [5, 5.41) is 3.23. The first-order valence-corrected chi connectivity index (χ1v) is 6.60. The van der Waals surface area contributed by atoms with E-state index in [2.05, 4.69) is 30.7 Å². The molecule has 1 N–H and O–H groups in total. The van der Waals surface area contributed by atoms with Crippen LogP contribution in [-0.4, -0.2) is 21.5 Å². The van der Waals surface area contributed by atoms with Gasteiger partial charge in [0.25, 0.3) is 0 Å². The van der Waals surface area contributed by atoms with Crippen molar-refractivity contribution in [2.45, 2.75) is 4.90 Å². The summed E-state index contributed by atoms with van der Waals surface area (Å²) >= 11 is 3.15. The molecular formula is C8H9BrN4O2S. The van der Waals surface area contributed by atoms with Gasteiger partial charge < -0.3 is 0 Å². The molecule has 0 bridgehead atoms. The number of hydrogen-bond acceptors (Lipinski definition) is 3. The van der Waals surface area contributed by atoms with Gasteiger partial charge in [0, 0.05) is 22.5 Å². The second kappa shape index (κ2) is 5.86. The quantitative estimate of drug-likeness (QED) is 0.390. The summed E-state index contributed by atoms with van der Waals surface area (Å²) in [7, 11) is -3.55. The number of sulfonamides is 1. The Morgan fingerprint density at radius 1 is 1.44 bits per heavy atom. The first kappa shape index (κ1) is 13.0. The average molecular weight is 305 g/mol. The molecule has 0 amide bonds. The maximum atomic E-state index is 11.7. The van der Waals surface area contributed by atoms with Crippen LogP contribution in [0, 0.1) is 0 Å². The molecule has 0 radical (unpaired) electrons. The minimum Gasteiger partial charge on any atom is -0.211 e. The van der Waals surface area contributed by atoms with Gasteiger partial charge in [0.1, 0.15) is 0 Å². The lowest BCUT2D eigenvalue weighted by atomic mass is 10.4. The Morgan fingerprint density at radius 2 is 2.12 bits per heavy atom. The fraction of sp³-hybridized carbons (Fsp3) is 0.250. The van der Waals surface area contributed by atoms with E-state index in [1.54, 1.807) is 18.2 Å². The Balaban J connectivity index is 2.79. The molecule has 0 unspecified atom stereocenters. The van der Waals surface area contributed by atoms with Crippen molar-refractivity contribution in [3.05, 3.63) is 39.2 Å². The first-order valence-electron chi connectivity index (χ1n) is 4.33. The van der Waals surface area contributed by atoms with E-state index in [0.29, 0.717) is 4.47 Å². The van der Waals surface area contributed by atoms with E-state index >= 15 is 0 Å². The molecule has 8 heteroatoms. The fourth-order valence-corrected chi connectivity index (χ4v) is 3.04. The van der Waals surface area contributed by atoms with Gasteiger partial charge in [-0.2, -0.15) is 0 Å². The standard InChI is InChI=1S/C8H9BrN4O2S/c9-7-3-1-2-4-8(7)16(14,15)12-6-5-11-13-10/h1-4,12H,5-6H2. The van der Waals surface area contributed by atoms with Gasteiger partial charge >= 0.3 is 0 Å². The van der Waals surface area contributed by atoms with Crippen LogP contribution in [0.2, 0.25) is 0 Å². The van der Waals surface area contributed by atoms with E-state index in [1.165, 1.54) is 6.07 Å². The lowest BCUT2D eigenvalue weighted by molar-refractivity contribution is 0.581. The fourth-order valence-electron chi connectivity index (χ4n) is 1.02. The first-order chi connectivity index (χ1) is 7.58. The van der Waals surface area contributed by atoms with Crippen molar-refractivity contribution < 1.29 is 8.42 Å². The highest BCUT2D eigenvalue weighted by molar-refractivity contribution is 9.10. The highest BCUT2D eigenvalue weighted by atomic mass is 79.9. The van der Waals surface area contributed by atoms with Gasteiger partial charge in [0.2, 0.25) is 10.0 Å². The zero-order valence-electron chi connectivity index (χ0n) is 8.17. The van der Waals surface area contributed by atoms with Gasteiger partial charge in [-0.15, -0.1) is 0 Å². The van der Waals surface area contributed by atoms with Crippen LogP contribution in [0.4, 0.5) is 0 Å². The molecule has 0 atom stereocenters. The third-order valence-electron chi connectivity index (χ3n) is 1.69. The molecule has 1 rings (SSSR count). The Bertz CT molecular complexity index is 511. The maximum absolute atomic E-state index is 11.7. The molecule has 6 nitrogen and oxygen atoms in total. The van der Waals surface area contributed by atoms with Crippen LogP contribution in [0.3, 0.4) is 0 Å². The molecule has 1 aromatic carbocycles. The van der Waals surface area contributed by atoms with Crippen molar-refractivity contribution in [3.63, 3.8) is 0 Å². The molecule has 0 aliphatic rings. The lowest BCUT2D eigenvalue weighted by Crippen LogP contribution is -2.26. The zero-order valence-corrected chi connectivity index (χ0v) is 10.6. The molecule has 16 heavy (non-hydrogen) atoms. The SMILES string of the molecule is [N-]=[N+]=NCCNS(=O)(=O)c1ccccc1Br.